The minimum Gasteiger partial charge on any atom is -0.374 e. The first-order valence-corrected chi connectivity index (χ1v) is 13.7. The van der Waals surface area contributed by atoms with Crippen LogP contribution in [-0.2, 0) is 6.54 Å². The quantitative estimate of drug-likeness (QED) is 0.458. The van der Waals surface area contributed by atoms with Crippen LogP contribution < -0.4 is 10.2 Å². The van der Waals surface area contributed by atoms with E-state index in [0.717, 1.165) is 60.2 Å². The number of anilines is 2. The van der Waals surface area contributed by atoms with Gasteiger partial charge in [0.05, 0.1) is 5.69 Å². The van der Waals surface area contributed by atoms with Crippen molar-refractivity contribution in [3.8, 4) is 11.1 Å². The van der Waals surface area contributed by atoms with Gasteiger partial charge in [-0.2, -0.15) is 0 Å². The molecule has 200 valence electrons. The number of aromatic nitrogens is 1. The zero-order valence-electron chi connectivity index (χ0n) is 21.6. The number of hydrogen-bond donors (Lipinski definition) is 2. The topological polar surface area (TPSA) is 54.9 Å². The molecule has 3 aromatic rings. The predicted molar refractivity (Wildman–Crippen MR) is 146 cm³/mol. The average Bonchev–Trinajstić information content (AvgIpc) is 3.63. The van der Waals surface area contributed by atoms with Gasteiger partial charge >= 0.3 is 0 Å². The minimum atomic E-state index is -0.610. The van der Waals surface area contributed by atoms with Crippen LogP contribution in [0.4, 0.5) is 20.3 Å². The van der Waals surface area contributed by atoms with Crippen LogP contribution in [0.25, 0.3) is 11.1 Å². The van der Waals surface area contributed by atoms with Gasteiger partial charge < -0.3 is 20.2 Å². The molecule has 6 rings (SSSR count). The summed E-state index contributed by atoms with van der Waals surface area (Å²) in [5.74, 6) is -0.116. The van der Waals surface area contributed by atoms with E-state index in [1.165, 1.54) is 38.1 Å². The number of halogens is 2. The molecule has 0 spiro atoms. The highest BCUT2D eigenvalue weighted by Gasteiger charge is 2.32. The Kier molecular flexibility index (Phi) is 7.28. The average molecular weight is 520 g/mol. The number of rotatable bonds is 7. The van der Waals surface area contributed by atoms with Crippen LogP contribution in [0.2, 0.25) is 0 Å². The van der Waals surface area contributed by atoms with Crippen molar-refractivity contribution in [2.24, 2.45) is 0 Å². The molecule has 0 amide bonds. The van der Waals surface area contributed by atoms with Gasteiger partial charge in [0.25, 0.3) is 0 Å². The molecular formula is C30H35F2N5O. The summed E-state index contributed by atoms with van der Waals surface area (Å²) in [5.41, 5.74) is 4.02. The third-order valence-corrected chi connectivity index (χ3v) is 8.20. The van der Waals surface area contributed by atoms with E-state index in [1.807, 2.05) is 41.4 Å². The summed E-state index contributed by atoms with van der Waals surface area (Å²) in [6.07, 6.45) is 6.04. The van der Waals surface area contributed by atoms with Gasteiger partial charge in [-0.15, -0.1) is 0 Å². The number of pyridine rings is 1. The predicted octanol–water partition coefficient (Wildman–Crippen LogP) is 5.01. The van der Waals surface area contributed by atoms with E-state index in [9.17, 15) is 13.9 Å². The number of likely N-dealkylation sites (tertiary alicyclic amines) is 2. The molecule has 0 aliphatic carbocycles. The maximum atomic E-state index is 14.3. The van der Waals surface area contributed by atoms with Gasteiger partial charge in [0.1, 0.15) is 23.7 Å². The van der Waals surface area contributed by atoms with Crippen molar-refractivity contribution >= 4 is 11.5 Å². The van der Waals surface area contributed by atoms with Crippen molar-refractivity contribution in [1.29, 1.82) is 0 Å². The number of fused-ring (bicyclic) bond motifs is 1. The Bertz CT molecular complexity index is 1260. The van der Waals surface area contributed by atoms with Crippen molar-refractivity contribution in [1.82, 2.24) is 14.8 Å². The summed E-state index contributed by atoms with van der Waals surface area (Å²) < 4.78 is 28.1. The zero-order chi connectivity index (χ0) is 26.1. The number of benzene rings is 2. The molecule has 2 N–H and O–H groups in total. The number of nitrogens with zero attached hydrogens (tertiary/aromatic N) is 4. The molecule has 8 heteroatoms. The minimum absolute atomic E-state index is 0.267. The normalized spacial score (nSPS) is 20.9. The van der Waals surface area contributed by atoms with E-state index in [0.29, 0.717) is 24.7 Å². The van der Waals surface area contributed by atoms with E-state index in [-0.39, 0.29) is 6.54 Å². The summed E-state index contributed by atoms with van der Waals surface area (Å²) in [7, 11) is 0. The van der Waals surface area contributed by atoms with Crippen LogP contribution in [0.3, 0.4) is 0 Å². The van der Waals surface area contributed by atoms with Gasteiger partial charge in [0, 0.05) is 56.1 Å². The van der Waals surface area contributed by atoms with Gasteiger partial charge in [0.2, 0.25) is 0 Å². The van der Waals surface area contributed by atoms with Crippen molar-refractivity contribution in [2.45, 2.75) is 44.5 Å². The number of nitrogens with one attached hydrogen (secondary N) is 1. The maximum absolute atomic E-state index is 14.3. The van der Waals surface area contributed by atoms with Crippen LogP contribution in [0.1, 0.15) is 43.0 Å². The van der Waals surface area contributed by atoms with Crippen LogP contribution in [-0.4, -0.2) is 65.2 Å². The molecule has 2 saturated heterocycles. The summed E-state index contributed by atoms with van der Waals surface area (Å²) in [6, 6.07) is 14.1. The van der Waals surface area contributed by atoms with E-state index >= 15 is 0 Å². The van der Waals surface area contributed by atoms with Crippen LogP contribution in [0, 0.1) is 11.6 Å². The van der Waals surface area contributed by atoms with E-state index in [2.05, 4.69) is 20.1 Å². The standard InChI is InChI=1S/C30H35F2N5O/c31-25-9-10-27(32)24(16-25)19-36-15-11-33-29-28(36)17-23(18-34-29)21-5-7-22(8-6-21)30(38)37-14-3-4-26(37)20-35-12-1-2-13-35/h5-10,16-18,26,30,38H,1-4,11-15,19-20H2,(H,33,34)/t26-,30?/m0/s1. The lowest BCUT2D eigenvalue weighted by Crippen LogP contribution is -2.41. The molecule has 4 heterocycles. The Morgan fingerprint density at radius 3 is 2.58 bits per heavy atom. The number of aliphatic hydroxyl groups excluding tert-OH is 1. The van der Waals surface area contributed by atoms with Crippen LogP contribution >= 0.6 is 0 Å². The Morgan fingerprint density at radius 1 is 0.947 bits per heavy atom. The Balaban J connectivity index is 1.19. The molecule has 2 fully saturated rings. The lowest BCUT2D eigenvalue weighted by atomic mass is 10.0. The molecule has 1 aromatic heterocycles. The third kappa shape index (κ3) is 5.25. The summed E-state index contributed by atoms with van der Waals surface area (Å²) in [6.45, 7) is 5.92. The van der Waals surface area contributed by atoms with Crippen molar-refractivity contribution in [3.63, 3.8) is 0 Å². The Labute approximate surface area is 222 Å². The summed E-state index contributed by atoms with van der Waals surface area (Å²) >= 11 is 0. The first-order chi connectivity index (χ1) is 18.5. The highest BCUT2D eigenvalue weighted by Crippen LogP contribution is 2.34. The second-order valence-electron chi connectivity index (χ2n) is 10.7. The first-order valence-electron chi connectivity index (χ1n) is 13.7. The maximum Gasteiger partial charge on any atom is 0.149 e. The van der Waals surface area contributed by atoms with Gasteiger partial charge in [-0.1, -0.05) is 24.3 Å². The van der Waals surface area contributed by atoms with E-state index in [4.69, 9.17) is 0 Å². The second kappa shape index (κ2) is 11.0. The smallest absolute Gasteiger partial charge is 0.149 e. The summed E-state index contributed by atoms with van der Waals surface area (Å²) in [4.78, 5) is 11.4. The monoisotopic (exact) mass is 519 g/mol. The van der Waals surface area contributed by atoms with Crippen LogP contribution in [0.15, 0.2) is 54.7 Å². The Morgan fingerprint density at radius 2 is 1.76 bits per heavy atom. The molecule has 3 aliphatic rings. The van der Waals surface area contributed by atoms with E-state index in [1.54, 1.807) is 0 Å². The molecule has 0 radical (unpaired) electrons. The molecule has 38 heavy (non-hydrogen) atoms. The van der Waals surface area contributed by atoms with Gasteiger partial charge in [-0.05, 0) is 74.2 Å². The first kappa shape index (κ1) is 25.2. The zero-order valence-corrected chi connectivity index (χ0v) is 21.6. The molecule has 6 nitrogen and oxygen atoms in total. The van der Waals surface area contributed by atoms with E-state index < -0.39 is 17.9 Å². The van der Waals surface area contributed by atoms with Crippen molar-refractivity contribution in [2.75, 3.05) is 49.5 Å². The SMILES string of the molecule is OC(c1ccc(-c2cnc3c(c2)N(Cc2cc(F)ccc2F)CCN3)cc1)N1CCC[C@H]1CN1CCCC1. The van der Waals surface area contributed by atoms with Gasteiger partial charge in [-0.3, -0.25) is 4.90 Å². The summed E-state index contributed by atoms with van der Waals surface area (Å²) in [5, 5.41) is 14.5. The molecule has 1 unspecified atom stereocenters. The fourth-order valence-electron chi connectivity index (χ4n) is 6.13. The molecular weight excluding hydrogens is 484 g/mol. The molecule has 0 bridgehead atoms. The largest absolute Gasteiger partial charge is 0.374 e. The fourth-order valence-corrected chi connectivity index (χ4v) is 6.13. The van der Waals surface area contributed by atoms with Crippen LogP contribution in [0.5, 0.6) is 0 Å². The lowest BCUT2D eigenvalue weighted by Gasteiger charge is -2.32. The molecule has 2 atom stereocenters. The highest BCUT2D eigenvalue weighted by atomic mass is 19.1. The van der Waals surface area contributed by atoms with Crippen molar-refractivity contribution < 1.29 is 13.9 Å². The number of hydrogen-bond acceptors (Lipinski definition) is 6. The van der Waals surface area contributed by atoms with Crippen molar-refractivity contribution in [3.05, 3.63) is 77.5 Å². The molecule has 0 saturated carbocycles. The lowest BCUT2D eigenvalue weighted by molar-refractivity contribution is -0.0138. The third-order valence-electron chi connectivity index (χ3n) is 8.20. The second-order valence-corrected chi connectivity index (χ2v) is 10.7. The molecule has 3 aliphatic heterocycles. The fraction of sp³-hybridized carbons (Fsp3) is 0.433. The van der Waals surface area contributed by atoms with Gasteiger partial charge in [0.15, 0.2) is 0 Å². The van der Waals surface area contributed by atoms with Gasteiger partial charge in [-0.25, -0.2) is 13.8 Å². The Hall–Kier alpha value is -3.07. The highest BCUT2D eigenvalue weighted by molar-refractivity contribution is 5.76. The molecule has 2 aromatic carbocycles. The number of aliphatic hydroxyl groups is 1.